The molecule has 9 nitrogen and oxygen atoms in total. The number of benzene rings is 1. The fourth-order valence-corrected chi connectivity index (χ4v) is 4.11. The van der Waals surface area contributed by atoms with E-state index in [1.54, 1.807) is 13.1 Å². The van der Waals surface area contributed by atoms with Crippen LogP contribution in [0.3, 0.4) is 0 Å². The van der Waals surface area contributed by atoms with Crippen molar-refractivity contribution in [2.75, 3.05) is 36.4 Å². The summed E-state index contributed by atoms with van der Waals surface area (Å²) in [5.41, 5.74) is -0.0704. The second-order valence-electron chi connectivity index (χ2n) is 7.26. The Kier molecular flexibility index (Phi) is 5.20. The van der Waals surface area contributed by atoms with Crippen molar-refractivity contribution in [2.45, 2.75) is 19.8 Å². The summed E-state index contributed by atoms with van der Waals surface area (Å²) in [5.74, 6) is 0.154. The van der Waals surface area contributed by atoms with Gasteiger partial charge in [0.2, 0.25) is 0 Å². The van der Waals surface area contributed by atoms with Crippen LogP contribution in [0.4, 0.5) is 17.2 Å². The first-order valence-corrected chi connectivity index (χ1v) is 9.86. The first-order valence-electron chi connectivity index (χ1n) is 9.48. The number of rotatable bonds is 4. The fourth-order valence-electron chi connectivity index (χ4n) is 3.89. The van der Waals surface area contributed by atoms with Crippen LogP contribution in [0.2, 0.25) is 5.02 Å². The molecule has 2 aliphatic heterocycles. The minimum Gasteiger partial charge on any atom is -0.337 e. The smallest absolute Gasteiger partial charge is 0.332 e. The van der Waals surface area contributed by atoms with Gasteiger partial charge in [-0.2, -0.15) is 0 Å². The Hall–Kier alpha value is -2.62. The average molecular weight is 419 g/mol. The Morgan fingerprint density at radius 2 is 1.90 bits per heavy atom. The first kappa shape index (κ1) is 19.7. The van der Waals surface area contributed by atoms with Crippen LogP contribution in [-0.4, -0.2) is 52.3 Å². The van der Waals surface area contributed by atoms with E-state index >= 15 is 0 Å². The van der Waals surface area contributed by atoms with Crippen molar-refractivity contribution in [1.29, 1.82) is 0 Å². The number of nitrogens with one attached hydrogen (secondary N) is 2. The van der Waals surface area contributed by atoms with E-state index in [9.17, 15) is 14.4 Å². The summed E-state index contributed by atoms with van der Waals surface area (Å²) in [6, 6.07) is 7.28. The highest BCUT2D eigenvalue weighted by atomic mass is 35.5. The molecule has 0 bridgehead atoms. The minimum absolute atomic E-state index is 0.266. The lowest BCUT2D eigenvalue weighted by Gasteiger charge is -2.38. The number of aromatic nitrogens is 2. The van der Waals surface area contributed by atoms with E-state index in [0.29, 0.717) is 22.2 Å². The maximum absolute atomic E-state index is 13.3. The van der Waals surface area contributed by atoms with Gasteiger partial charge in [0, 0.05) is 33.2 Å². The molecule has 0 amide bonds. The van der Waals surface area contributed by atoms with Crippen LogP contribution in [-0.2, 0) is 18.4 Å². The monoisotopic (exact) mass is 418 g/mol. The van der Waals surface area contributed by atoms with Crippen LogP contribution < -0.4 is 26.8 Å². The molecule has 1 aromatic heterocycles. The molecular weight excluding hydrogens is 396 g/mol. The maximum atomic E-state index is 13.3. The summed E-state index contributed by atoms with van der Waals surface area (Å²) in [7, 11) is 1.59. The second kappa shape index (κ2) is 7.66. The average Bonchev–Trinajstić information content (AvgIpc) is 3.11. The van der Waals surface area contributed by atoms with Crippen LogP contribution in [0.5, 0.6) is 0 Å². The van der Waals surface area contributed by atoms with E-state index in [-0.39, 0.29) is 18.6 Å². The topological polar surface area (TPSA) is 91.6 Å². The molecule has 0 aliphatic carbocycles. The van der Waals surface area contributed by atoms with Gasteiger partial charge in [-0.1, -0.05) is 23.7 Å². The Morgan fingerprint density at radius 3 is 2.55 bits per heavy atom. The van der Waals surface area contributed by atoms with E-state index in [2.05, 4.69) is 15.5 Å². The molecule has 2 aromatic rings. The molecular formula is C19H23ClN6O3. The van der Waals surface area contributed by atoms with Gasteiger partial charge in [-0.25, -0.2) is 4.79 Å². The molecule has 1 saturated heterocycles. The van der Waals surface area contributed by atoms with Crippen molar-refractivity contribution in [3.8, 4) is 0 Å². The van der Waals surface area contributed by atoms with Gasteiger partial charge in [0.05, 0.1) is 17.3 Å². The number of ketones is 1. The van der Waals surface area contributed by atoms with Crippen LogP contribution in [0.25, 0.3) is 0 Å². The van der Waals surface area contributed by atoms with Crippen molar-refractivity contribution in [1.82, 2.24) is 19.4 Å². The number of para-hydroxylation sites is 1. The lowest BCUT2D eigenvalue weighted by molar-refractivity contribution is -0.117. The normalized spacial score (nSPS) is 19.1. The summed E-state index contributed by atoms with van der Waals surface area (Å²) < 4.78 is 2.36. The number of hydrogen-bond donors (Lipinski definition) is 2. The zero-order valence-corrected chi connectivity index (χ0v) is 17.1. The van der Waals surface area contributed by atoms with Gasteiger partial charge in [0.15, 0.2) is 12.0 Å². The minimum atomic E-state index is -0.531. The number of Topliss-reactive ketones (excluding diaryl/α,β-unsaturated/α-hetero) is 1. The number of hydrogen-bond acceptors (Lipinski definition) is 7. The van der Waals surface area contributed by atoms with Crippen molar-refractivity contribution >= 4 is 34.6 Å². The molecule has 2 N–H and O–H groups in total. The summed E-state index contributed by atoms with van der Waals surface area (Å²) >= 11 is 6.49. The molecule has 2 aliphatic rings. The molecule has 0 radical (unpaired) electrons. The summed E-state index contributed by atoms with van der Waals surface area (Å²) in [6.07, 6.45) is -0.376. The molecule has 1 unspecified atom stereocenters. The van der Waals surface area contributed by atoms with E-state index in [4.69, 9.17) is 11.6 Å². The molecule has 1 atom stereocenters. The van der Waals surface area contributed by atoms with Gasteiger partial charge in [-0.3, -0.25) is 28.5 Å². The molecule has 1 aromatic carbocycles. The molecule has 1 fully saturated rings. The number of carbonyl (C=O) groups is 1. The predicted octanol–water partition coefficient (Wildman–Crippen LogP) is 0.542. The van der Waals surface area contributed by atoms with Crippen LogP contribution in [0.1, 0.15) is 6.92 Å². The van der Waals surface area contributed by atoms with Gasteiger partial charge in [0.25, 0.3) is 5.56 Å². The second-order valence-corrected chi connectivity index (χ2v) is 7.66. The van der Waals surface area contributed by atoms with Gasteiger partial charge in [-0.15, -0.1) is 0 Å². The van der Waals surface area contributed by atoms with Crippen molar-refractivity contribution in [3.05, 3.63) is 50.1 Å². The van der Waals surface area contributed by atoms with Crippen LogP contribution in [0, 0.1) is 0 Å². The van der Waals surface area contributed by atoms with Gasteiger partial charge in [0.1, 0.15) is 11.6 Å². The summed E-state index contributed by atoms with van der Waals surface area (Å²) in [4.78, 5) is 41.8. The standard InChI is InChI=1S/C19H23ClN6O3/c1-12(27)11-25-17(28)15-16(23(2)19(25)29)22-18(24-9-7-21-8-10-24)26(15)14-6-4-3-5-13(14)20/h3-6,18,21-22H,7-11H2,1-2H3. The third-order valence-corrected chi connectivity index (χ3v) is 5.59. The quantitative estimate of drug-likeness (QED) is 0.748. The highest BCUT2D eigenvalue weighted by molar-refractivity contribution is 6.33. The molecule has 154 valence electrons. The molecule has 29 heavy (non-hydrogen) atoms. The van der Waals surface area contributed by atoms with Crippen LogP contribution >= 0.6 is 11.6 Å². The maximum Gasteiger partial charge on any atom is 0.332 e. The van der Waals surface area contributed by atoms with E-state index in [1.807, 2.05) is 23.1 Å². The Morgan fingerprint density at radius 1 is 1.21 bits per heavy atom. The number of halogens is 1. The predicted molar refractivity (Wildman–Crippen MR) is 112 cm³/mol. The lowest BCUT2D eigenvalue weighted by atomic mass is 10.2. The van der Waals surface area contributed by atoms with Crippen molar-refractivity contribution in [2.24, 2.45) is 7.05 Å². The molecule has 10 heteroatoms. The fraction of sp³-hybridized carbons (Fsp3) is 0.421. The Labute approximate surface area is 172 Å². The van der Waals surface area contributed by atoms with E-state index < -0.39 is 11.2 Å². The van der Waals surface area contributed by atoms with Crippen molar-refractivity contribution in [3.63, 3.8) is 0 Å². The summed E-state index contributed by atoms with van der Waals surface area (Å²) in [6.45, 7) is 4.25. The number of nitrogens with zero attached hydrogens (tertiary/aromatic N) is 4. The third kappa shape index (κ3) is 3.35. The largest absolute Gasteiger partial charge is 0.337 e. The third-order valence-electron chi connectivity index (χ3n) is 5.27. The zero-order valence-electron chi connectivity index (χ0n) is 16.3. The van der Waals surface area contributed by atoms with E-state index in [1.165, 1.54) is 11.5 Å². The number of carbonyl (C=O) groups excluding carboxylic acids is 1. The molecule has 0 saturated carbocycles. The summed E-state index contributed by atoms with van der Waals surface area (Å²) in [5, 5.41) is 7.15. The van der Waals surface area contributed by atoms with Gasteiger partial charge in [-0.05, 0) is 19.1 Å². The highest BCUT2D eigenvalue weighted by Gasteiger charge is 2.40. The highest BCUT2D eigenvalue weighted by Crippen LogP contribution is 2.40. The molecule has 0 spiro atoms. The van der Waals surface area contributed by atoms with Crippen molar-refractivity contribution < 1.29 is 4.79 Å². The lowest BCUT2D eigenvalue weighted by Crippen LogP contribution is -2.55. The SMILES string of the molecule is CC(=O)Cn1c(=O)c2c(n(C)c1=O)NC(N1CCNCC1)N2c1ccccc1Cl. The zero-order chi connectivity index (χ0) is 20.7. The number of anilines is 3. The van der Waals surface area contributed by atoms with Crippen LogP contribution in [0.15, 0.2) is 33.9 Å². The number of fused-ring (bicyclic) bond motifs is 1. The Bertz CT molecular complexity index is 1070. The van der Waals surface area contributed by atoms with Gasteiger partial charge < -0.3 is 10.6 Å². The molecule has 4 rings (SSSR count). The van der Waals surface area contributed by atoms with Gasteiger partial charge >= 0.3 is 5.69 Å². The number of piperazine rings is 1. The van der Waals surface area contributed by atoms with E-state index in [0.717, 1.165) is 30.7 Å². The first-order chi connectivity index (χ1) is 13.9. The Balaban J connectivity index is 1.94. The molecule has 3 heterocycles.